The van der Waals surface area contributed by atoms with Crippen LogP contribution in [0.15, 0.2) is 23.6 Å². The lowest BCUT2D eigenvalue weighted by Gasteiger charge is -2.18. The summed E-state index contributed by atoms with van der Waals surface area (Å²) in [6, 6.07) is 5.26. The summed E-state index contributed by atoms with van der Waals surface area (Å²) < 4.78 is 0. The largest absolute Gasteiger partial charge is 0.354 e. The first-order valence-corrected chi connectivity index (χ1v) is 8.33. The maximum atomic E-state index is 11.9. The molecular weight excluding hydrogens is 341 g/mol. The zero-order valence-corrected chi connectivity index (χ0v) is 14.6. The highest BCUT2D eigenvalue weighted by molar-refractivity contribution is 7.13. The van der Waals surface area contributed by atoms with Crippen LogP contribution in [-0.4, -0.2) is 23.0 Å². The monoisotopic (exact) mass is 357 g/mol. The number of hydrogen-bond donors (Lipinski definition) is 2. The number of halogens is 2. The Balaban J connectivity index is 2.04. The van der Waals surface area contributed by atoms with Gasteiger partial charge in [0.05, 0.1) is 17.1 Å². The third-order valence-corrected chi connectivity index (χ3v) is 4.27. The molecule has 1 amide bonds. The van der Waals surface area contributed by atoms with E-state index in [0.717, 1.165) is 10.6 Å². The lowest BCUT2D eigenvalue weighted by Crippen LogP contribution is -2.45. The minimum atomic E-state index is -0.431. The van der Waals surface area contributed by atoms with Crippen LogP contribution in [0.5, 0.6) is 0 Å². The minimum absolute atomic E-state index is 0.0995. The molecular formula is C15H17Cl2N3OS. The van der Waals surface area contributed by atoms with Crippen molar-refractivity contribution in [1.29, 1.82) is 0 Å². The standard InChI is InChI=1S/C15H17Cl2N3OS/c1-15(2,18)8-19-13(21)6-10-7-22-14(20-10)11-4-3-9(16)5-12(11)17/h3-5,7H,6,8,18H2,1-2H3,(H,19,21). The van der Waals surface area contributed by atoms with Crippen LogP contribution in [-0.2, 0) is 11.2 Å². The summed E-state index contributed by atoms with van der Waals surface area (Å²) in [5.41, 5.74) is 6.92. The topological polar surface area (TPSA) is 68.0 Å². The van der Waals surface area contributed by atoms with Gasteiger partial charge in [-0.2, -0.15) is 0 Å². The van der Waals surface area contributed by atoms with Crippen LogP contribution in [0.3, 0.4) is 0 Å². The van der Waals surface area contributed by atoms with Crippen LogP contribution in [0.2, 0.25) is 10.0 Å². The zero-order valence-electron chi connectivity index (χ0n) is 12.3. The fourth-order valence-corrected chi connectivity index (χ4v) is 3.14. The Morgan fingerprint density at radius 3 is 2.77 bits per heavy atom. The van der Waals surface area contributed by atoms with E-state index in [1.807, 2.05) is 25.3 Å². The van der Waals surface area contributed by atoms with Crippen molar-refractivity contribution >= 4 is 40.4 Å². The second-order valence-electron chi connectivity index (χ2n) is 5.71. The van der Waals surface area contributed by atoms with Gasteiger partial charge in [0.15, 0.2) is 0 Å². The third-order valence-electron chi connectivity index (χ3n) is 2.80. The number of carbonyl (C=O) groups is 1. The maximum Gasteiger partial charge on any atom is 0.226 e. The molecule has 7 heteroatoms. The van der Waals surface area contributed by atoms with Gasteiger partial charge >= 0.3 is 0 Å². The average molecular weight is 358 g/mol. The normalized spacial score (nSPS) is 11.5. The molecule has 3 N–H and O–H groups in total. The third kappa shape index (κ3) is 4.95. The number of rotatable bonds is 5. The second kappa shape index (κ2) is 6.96. The zero-order chi connectivity index (χ0) is 16.3. The fourth-order valence-electron chi connectivity index (χ4n) is 1.73. The van der Waals surface area contributed by atoms with E-state index in [-0.39, 0.29) is 12.3 Å². The van der Waals surface area contributed by atoms with E-state index in [9.17, 15) is 4.79 Å². The van der Waals surface area contributed by atoms with E-state index < -0.39 is 5.54 Å². The van der Waals surface area contributed by atoms with Crippen LogP contribution in [0.25, 0.3) is 10.6 Å². The lowest BCUT2D eigenvalue weighted by atomic mass is 10.1. The first kappa shape index (κ1) is 17.2. The summed E-state index contributed by atoms with van der Waals surface area (Å²) >= 11 is 13.5. The molecule has 0 saturated carbocycles. The average Bonchev–Trinajstić information content (AvgIpc) is 2.84. The molecule has 1 aromatic carbocycles. The van der Waals surface area contributed by atoms with Gasteiger partial charge in [-0.25, -0.2) is 4.98 Å². The summed E-state index contributed by atoms with van der Waals surface area (Å²) in [7, 11) is 0. The van der Waals surface area contributed by atoms with E-state index in [0.29, 0.717) is 22.3 Å². The van der Waals surface area contributed by atoms with Crippen LogP contribution < -0.4 is 11.1 Å². The molecule has 0 unspecified atom stereocenters. The van der Waals surface area contributed by atoms with Gasteiger partial charge in [0.25, 0.3) is 0 Å². The molecule has 0 aliphatic heterocycles. The highest BCUT2D eigenvalue weighted by Crippen LogP contribution is 2.32. The van der Waals surface area contributed by atoms with Crippen molar-refractivity contribution in [3.63, 3.8) is 0 Å². The van der Waals surface area contributed by atoms with Gasteiger partial charge in [-0.15, -0.1) is 11.3 Å². The quantitative estimate of drug-likeness (QED) is 0.859. The molecule has 0 atom stereocenters. The van der Waals surface area contributed by atoms with E-state index in [2.05, 4.69) is 10.3 Å². The molecule has 4 nitrogen and oxygen atoms in total. The number of nitrogens with one attached hydrogen (secondary N) is 1. The van der Waals surface area contributed by atoms with Crippen molar-refractivity contribution in [2.75, 3.05) is 6.54 Å². The Morgan fingerprint density at radius 2 is 2.14 bits per heavy atom. The fraction of sp³-hybridized carbons (Fsp3) is 0.333. The number of amides is 1. The predicted octanol–water partition coefficient (Wildman–Crippen LogP) is 3.51. The molecule has 2 aromatic rings. The van der Waals surface area contributed by atoms with Crippen molar-refractivity contribution in [1.82, 2.24) is 10.3 Å². The molecule has 0 aliphatic rings. The number of thiazole rings is 1. The van der Waals surface area contributed by atoms with Gasteiger partial charge in [0, 0.05) is 28.0 Å². The van der Waals surface area contributed by atoms with Gasteiger partial charge in [-0.1, -0.05) is 23.2 Å². The summed E-state index contributed by atoms with van der Waals surface area (Å²) in [6.45, 7) is 4.14. The summed E-state index contributed by atoms with van der Waals surface area (Å²) in [5.74, 6) is -0.0995. The first-order valence-electron chi connectivity index (χ1n) is 6.70. The van der Waals surface area contributed by atoms with Gasteiger partial charge < -0.3 is 11.1 Å². The van der Waals surface area contributed by atoms with Gasteiger partial charge in [0.2, 0.25) is 5.91 Å². The van der Waals surface area contributed by atoms with Crippen molar-refractivity contribution in [3.8, 4) is 10.6 Å². The molecule has 0 bridgehead atoms. The molecule has 1 heterocycles. The van der Waals surface area contributed by atoms with Gasteiger partial charge in [-0.05, 0) is 32.0 Å². The lowest BCUT2D eigenvalue weighted by molar-refractivity contribution is -0.120. The number of carbonyl (C=O) groups excluding carboxylic acids is 1. The van der Waals surface area contributed by atoms with Crippen molar-refractivity contribution < 1.29 is 4.79 Å². The Hall–Kier alpha value is -1.14. The molecule has 0 fully saturated rings. The number of aromatic nitrogens is 1. The highest BCUT2D eigenvalue weighted by Gasteiger charge is 2.14. The minimum Gasteiger partial charge on any atom is -0.354 e. The maximum absolute atomic E-state index is 11.9. The Labute approximate surface area is 143 Å². The highest BCUT2D eigenvalue weighted by atomic mass is 35.5. The van der Waals surface area contributed by atoms with E-state index in [1.165, 1.54) is 11.3 Å². The van der Waals surface area contributed by atoms with Crippen LogP contribution >= 0.6 is 34.5 Å². The Morgan fingerprint density at radius 1 is 1.41 bits per heavy atom. The predicted molar refractivity (Wildman–Crippen MR) is 92.6 cm³/mol. The first-order chi connectivity index (χ1) is 10.2. The molecule has 22 heavy (non-hydrogen) atoms. The summed E-state index contributed by atoms with van der Waals surface area (Å²) in [6.07, 6.45) is 0.220. The smallest absolute Gasteiger partial charge is 0.226 e. The molecule has 0 aliphatic carbocycles. The molecule has 1 aromatic heterocycles. The summed E-state index contributed by atoms with van der Waals surface area (Å²) in [4.78, 5) is 16.3. The van der Waals surface area contributed by atoms with Crippen LogP contribution in [0.1, 0.15) is 19.5 Å². The molecule has 0 saturated heterocycles. The van der Waals surface area contributed by atoms with Gasteiger partial charge in [0.1, 0.15) is 5.01 Å². The molecule has 0 spiro atoms. The van der Waals surface area contributed by atoms with Crippen LogP contribution in [0.4, 0.5) is 0 Å². The number of nitrogens with zero attached hydrogens (tertiary/aromatic N) is 1. The van der Waals surface area contributed by atoms with E-state index in [4.69, 9.17) is 28.9 Å². The molecule has 2 rings (SSSR count). The second-order valence-corrected chi connectivity index (χ2v) is 7.41. The van der Waals surface area contributed by atoms with E-state index in [1.54, 1.807) is 12.1 Å². The molecule has 0 radical (unpaired) electrons. The van der Waals surface area contributed by atoms with E-state index >= 15 is 0 Å². The van der Waals surface area contributed by atoms with Crippen molar-refractivity contribution in [2.24, 2.45) is 5.73 Å². The van der Waals surface area contributed by atoms with Crippen molar-refractivity contribution in [3.05, 3.63) is 39.3 Å². The Bertz CT molecular complexity index is 680. The number of benzene rings is 1. The number of nitrogens with two attached hydrogens (primary N) is 1. The van der Waals surface area contributed by atoms with Gasteiger partial charge in [-0.3, -0.25) is 4.79 Å². The van der Waals surface area contributed by atoms with Crippen molar-refractivity contribution in [2.45, 2.75) is 25.8 Å². The summed E-state index contributed by atoms with van der Waals surface area (Å²) in [5, 5.41) is 6.54. The Kier molecular flexibility index (Phi) is 5.45. The molecule has 118 valence electrons. The number of hydrogen-bond acceptors (Lipinski definition) is 4. The van der Waals surface area contributed by atoms with Crippen LogP contribution in [0, 0.1) is 0 Å². The SMILES string of the molecule is CC(C)(N)CNC(=O)Cc1csc(-c2ccc(Cl)cc2Cl)n1.